The van der Waals surface area contributed by atoms with Crippen molar-refractivity contribution >= 4 is 17.0 Å². The second-order valence-electron chi connectivity index (χ2n) is 5.43. The number of carbonyl (C=O) groups is 1. The van der Waals surface area contributed by atoms with Crippen LogP contribution in [0.3, 0.4) is 0 Å². The zero-order chi connectivity index (χ0) is 16.9. The number of hydroxylamine groups is 1. The topological polar surface area (TPSA) is 120 Å². The first-order valence-electron chi connectivity index (χ1n) is 6.90. The number of aromatic nitrogens is 3. The second-order valence-corrected chi connectivity index (χ2v) is 6.33. The molecule has 0 aliphatic heterocycles. The van der Waals surface area contributed by atoms with Gasteiger partial charge in [0.2, 0.25) is 5.91 Å². The Morgan fingerprint density at radius 3 is 2.74 bits per heavy atom. The molecule has 0 radical (unpaired) electrons. The average molecular weight is 337 g/mol. The van der Waals surface area contributed by atoms with Crippen LogP contribution in [-0.4, -0.2) is 40.6 Å². The van der Waals surface area contributed by atoms with Gasteiger partial charge in [0.05, 0.1) is 11.6 Å². The van der Waals surface area contributed by atoms with E-state index < -0.39 is 22.4 Å². The van der Waals surface area contributed by atoms with Crippen LogP contribution in [0.5, 0.6) is 0 Å². The van der Waals surface area contributed by atoms with Crippen LogP contribution in [0.4, 0.5) is 0 Å². The summed E-state index contributed by atoms with van der Waals surface area (Å²) in [5.74, 6) is -1.13. The molecule has 0 saturated heterocycles. The summed E-state index contributed by atoms with van der Waals surface area (Å²) in [6, 6.07) is 9.48. The van der Waals surface area contributed by atoms with Gasteiger partial charge in [-0.05, 0) is 13.3 Å². The Morgan fingerprint density at radius 2 is 2.13 bits per heavy atom. The third-order valence-electron chi connectivity index (χ3n) is 3.59. The zero-order valence-electron chi connectivity index (χ0n) is 12.5. The van der Waals surface area contributed by atoms with Crippen molar-refractivity contribution in [2.75, 3.05) is 5.75 Å². The van der Waals surface area contributed by atoms with Gasteiger partial charge in [0.1, 0.15) is 5.69 Å². The number of rotatable bonds is 7. The van der Waals surface area contributed by atoms with E-state index in [0.717, 1.165) is 5.56 Å². The molecule has 2 aromatic rings. The second kappa shape index (κ2) is 7.44. The van der Waals surface area contributed by atoms with Crippen molar-refractivity contribution in [3.8, 4) is 11.3 Å². The van der Waals surface area contributed by atoms with Crippen LogP contribution in [-0.2, 0) is 22.4 Å². The Bertz CT molecular complexity index is 691. The van der Waals surface area contributed by atoms with Gasteiger partial charge in [-0.1, -0.05) is 46.6 Å². The molecule has 2 atom stereocenters. The van der Waals surface area contributed by atoms with Crippen molar-refractivity contribution in [2.24, 2.45) is 5.41 Å². The van der Waals surface area contributed by atoms with E-state index in [9.17, 15) is 13.6 Å². The van der Waals surface area contributed by atoms with Crippen LogP contribution >= 0.6 is 0 Å². The minimum atomic E-state index is -2.41. The molecule has 1 heterocycles. The zero-order valence-corrected chi connectivity index (χ0v) is 13.3. The summed E-state index contributed by atoms with van der Waals surface area (Å²) >= 11 is -2.41. The van der Waals surface area contributed by atoms with Crippen molar-refractivity contribution in [2.45, 2.75) is 19.9 Å². The molecule has 0 aliphatic carbocycles. The monoisotopic (exact) mass is 337 g/mol. The highest BCUT2D eigenvalue weighted by atomic mass is 32.2. The summed E-state index contributed by atoms with van der Waals surface area (Å²) in [6.07, 6.45) is 1.91. The average Bonchev–Trinajstić information content (AvgIpc) is 3.01. The fraction of sp³-hybridized carbons (Fsp3) is 0.357. The molecule has 0 spiro atoms. The lowest BCUT2D eigenvalue weighted by atomic mass is 9.88. The summed E-state index contributed by atoms with van der Waals surface area (Å²) in [7, 11) is 0. The highest BCUT2D eigenvalue weighted by Crippen LogP contribution is 2.24. The van der Waals surface area contributed by atoms with Gasteiger partial charge < -0.3 is 4.55 Å². The maximum absolute atomic E-state index is 11.7. The smallest absolute Gasteiger partial charge is 0.250 e. The molecule has 0 aliphatic rings. The number of nitrogens with zero attached hydrogens (tertiary/aromatic N) is 3. The van der Waals surface area contributed by atoms with Crippen LogP contribution in [0.15, 0.2) is 36.5 Å². The fourth-order valence-corrected chi connectivity index (χ4v) is 2.95. The highest BCUT2D eigenvalue weighted by molar-refractivity contribution is 7.79. The highest BCUT2D eigenvalue weighted by Gasteiger charge is 2.33. The predicted octanol–water partition coefficient (Wildman–Crippen LogP) is 0.726. The molecular weight excluding hydrogens is 320 g/mol. The van der Waals surface area contributed by atoms with Gasteiger partial charge in [-0.15, -0.1) is 5.10 Å². The Kier molecular flexibility index (Phi) is 5.59. The van der Waals surface area contributed by atoms with Crippen LogP contribution in [0.25, 0.3) is 11.3 Å². The SMILES string of the molecule is C[C@](CCn1cc(-c2ccccc2)nn1)(CS(=O)[O-])C(=O)NO. The van der Waals surface area contributed by atoms with Crippen molar-refractivity contribution < 1.29 is 18.8 Å². The third kappa shape index (κ3) is 4.44. The number of aryl methyl sites for hydroxylation is 1. The van der Waals surface area contributed by atoms with E-state index in [1.807, 2.05) is 30.3 Å². The van der Waals surface area contributed by atoms with Crippen molar-refractivity contribution in [3.05, 3.63) is 36.5 Å². The predicted molar refractivity (Wildman–Crippen MR) is 81.9 cm³/mol. The number of benzene rings is 1. The number of hydrogen-bond acceptors (Lipinski definition) is 6. The lowest BCUT2D eigenvalue weighted by Gasteiger charge is -2.27. The van der Waals surface area contributed by atoms with Crippen molar-refractivity contribution in [1.82, 2.24) is 20.5 Å². The van der Waals surface area contributed by atoms with E-state index >= 15 is 0 Å². The van der Waals surface area contributed by atoms with Gasteiger partial charge >= 0.3 is 0 Å². The number of hydrogen-bond donors (Lipinski definition) is 2. The standard InChI is InChI=1S/C14H18N4O4S/c1-14(10-23(21)22,13(19)16-20)7-8-18-9-12(15-17-18)11-5-3-2-4-6-11/h2-6,9,20H,7-8,10H2,1H3,(H,16,19)(H,21,22)/p-1/t14-/m0/s1. The van der Waals surface area contributed by atoms with Crippen LogP contribution in [0, 0.1) is 5.41 Å². The minimum absolute atomic E-state index is 0.185. The molecular formula is C14H17N4O4S-. The van der Waals surface area contributed by atoms with Gasteiger partial charge in [0, 0.05) is 17.9 Å². The molecule has 2 N–H and O–H groups in total. The molecule has 8 nitrogen and oxygen atoms in total. The summed E-state index contributed by atoms with van der Waals surface area (Å²) in [6.45, 7) is 1.77. The van der Waals surface area contributed by atoms with Crippen LogP contribution in [0.1, 0.15) is 13.3 Å². The first-order chi connectivity index (χ1) is 10.9. The van der Waals surface area contributed by atoms with E-state index in [1.165, 1.54) is 12.4 Å². The molecule has 23 heavy (non-hydrogen) atoms. The lowest BCUT2D eigenvalue weighted by molar-refractivity contribution is -0.138. The molecule has 124 valence electrons. The summed E-state index contributed by atoms with van der Waals surface area (Å²) in [5, 5.41) is 16.8. The van der Waals surface area contributed by atoms with E-state index in [0.29, 0.717) is 12.2 Å². The van der Waals surface area contributed by atoms with Gasteiger partial charge in [-0.3, -0.25) is 18.9 Å². The first-order valence-corrected chi connectivity index (χ1v) is 8.15. The van der Waals surface area contributed by atoms with Gasteiger partial charge in [-0.2, -0.15) is 0 Å². The van der Waals surface area contributed by atoms with E-state index in [-0.39, 0.29) is 12.2 Å². The first kappa shape index (κ1) is 17.3. The summed E-state index contributed by atoms with van der Waals surface area (Å²) in [5.41, 5.74) is 1.87. The lowest BCUT2D eigenvalue weighted by Crippen LogP contribution is -2.42. The molecule has 0 fully saturated rings. The summed E-state index contributed by atoms with van der Waals surface area (Å²) < 4.78 is 23.4. The van der Waals surface area contributed by atoms with Gasteiger partial charge in [0.25, 0.3) is 0 Å². The molecule has 1 aromatic carbocycles. The quantitative estimate of drug-likeness (QED) is 0.436. The molecule has 1 amide bonds. The van der Waals surface area contributed by atoms with E-state index in [4.69, 9.17) is 5.21 Å². The fourth-order valence-electron chi connectivity index (χ4n) is 2.16. The van der Waals surface area contributed by atoms with Crippen LogP contribution < -0.4 is 5.48 Å². The molecule has 9 heteroatoms. The third-order valence-corrected chi connectivity index (χ3v) is 4.46. The molecule has 2 rings (SSSR count). The number of nitrogens with one attached hydrogen (secondary N) is 1. The number of carbonyl (C=O) groups excluding carboxylic acids is 1. The number of amides is 1. The van der Waals surface area contributed by atoms with Gasteiger partial charge in [-0.25, -0.2) is 5.48 Å². The molecule has 0 saturated carbocycles. The normalized spacial score (nSPS) is 14.9. The van der Waals surface area contributed by atoms with Gasteiger partial charge in [0.15, 0.2) is 0 Å². The minimum Gasteiger partial charge on any atom is -0.772 e. The van der Waals surface area contributed by atoms with Crippen molar-refractivity contribution in [1.29, 1.82) is 0 Å². The maximum atomic E-state index is 11.7. The Labute approximate surface area is 135 Å². The maximum Gasteiger partial charge on any atom is 0.250 e. The van der Waals surface area contributed by atoms with E-state index in [1.54, 1.807) is 10.9 Å². The molecule has 0 bridgehead atoms. The largest absolute Gasteiger partial charge is 0.772 e. The summed E-state index contributed by atoms with van der Waals surface area (Å²) in [4.78, 5) is 11.7. The molecule has 1 aromatic heterocycles. The Morgan fingerprint density at radius 1 is 1.43 bits per heavy atom. The Balaban J connectivity index is 2.08. The van der Waals surface area contributed by atoms with E-state index in [2.05, 4.69) is 10.3 Å². The molecule has 1 unspecified atom stereocenters. The van der Waals surface area contributed by atoms with Crippen LogP contribution in [0.2, 0.25) is 0 Å². The van der Waals surface area contributed by atoms with Crippen molar-refractivity contribution in [3.63, 3.8) is 0 Å². The Hall–Kier alpha value is -2.10.